The summed E-state index contributed by atoms with van der Waals surface area (Å²) >= 11 is 0. The normalized spacial score (nSPS) is 21.8. The number of hydrogen-bond acceptors (Lipinski definition) is 3. The molecule has 1 saturated carbocycles. The van der Waals surface area contributed by atoms with Crippen LogP contribution in [0.5, 0.6) is 0 Å². The Bertz CT molecular complexity index is 553. The number of unbranched alkanes of at least 4 members (excludes halogenated alkanes) is 1. The SMILES string of the molecule is CCCCC(CN)c1ccc2c(c1)CC[C@H](OCCOC1CCCCC1)C2. The monoisotopic (exact) mass is 373 g/mol. The summed E-state index contributed by atoms with van der Waals surface area (Å²) in [5, 5.41) is 0. The van der Waals surface area contributed by atoms with Gasteiger partial charge in [0.1, 0.15) is 0 Å². The van der Waals surface area contributed by atoms with Gasteiger partial charge in [-0.3, -0.25) is 0 Å². The maximum atomic E-state index is 6.14. The molecule has 3 heteroatoms. The molecular weight excluding hydrogens is 334 g/mol. The van der Waals surface area contributed by atoms with E-state index in [1.165, 1.54) is 68.1 Å². The number of rotatable bonds is 10. The van der Waals surface area contributed by atoms with Crippen molar-refractivity contribution in [1.29, 1.82) is 0 Å². The van der Waals surface area contributed by atoms with Crippen LogP contribution in [0, 0.1) is 0 Å². The van der Waals surface area contributed by atoms with Gasteiger partial charge >= 0.3 is 0 Å². The lowest BCUT2D eigenvalue weighted by molar-refractivity contribution is -0.0346. The smallest absolute Gasteiger partial charge is 0.0704 e. The minimum absolute atomic E-state index is 0.351. The Labute approximate surface area is 166 Å². The van der Waals surface area contributed by atoms with Crippen LogP contribution in [0.1, 0.15) is 87.3 Å². The molecule has 0 amide bonds. The predicted molar refractivity (Wildman–Crippen MR) is 112 cm³/mol. The molecule has 152 valence electrons. The van der Waals surface area contributed by atoms with Crippen LogP contribution in [-0.2, 0) is 22.3 Å². The topological polar surface area (TPSA) is 44.5 Å². The molecule has 0 aromatic heterocycles. The molecule has 1 fully saturated rings. The fourth-order valence-electron chi connectivity index (χ4n) is 4.67. The number of ether oxygens (including phenoxy) is 2. The second-order valence-electron chi connectivity index (χ2n) is 8.47. The quantitative estimate of drug-likeness (QED) is 0.577. The summed E-state index contributed by atoms with van der Waals surface area (Å²) in [4.78, 5) is 0. The molecule has 1 unspecified atom stereocenters. The first kappa shape index (κ1) is 20.8. The number of hydrogen-bond donors (Lipinski definition) is 1. The van der Waals surface area contributed by atoms with E-state index in [1.54, 1.807) is 0 Å². The standard InChI is InChI=1S/C24H39NO2/c1-2-3-7-22(18-25)20-10-11-21-17-24(13-12-19(21)16-20)27-15-14-26-23-8-5-4-6-9-23/h10-11,16,22-24H,2-9,12-15,17-18,25H2,1H3/t22?,24-/m0/s1. The summed E-state index contributed by atoms with van der Waals surface area (Å²) in [5.41, 5.74) is 10.5. The van der Waals surface area contributed by atoms with E-state index in [9.17, 15) is 0 Å². The first-order chi connectivity index (χ1) is 13.3. The Hall–Kier alpha value is -0.900. The van der Waals surface area contributed by atoms with E-state index in [4.69, 9.17) is 15.2 Å². The number of fused-ring (bicyclic) bond motifs is 1. The van der Waals surface area contributed by atoms with Crippen LogP contribution >= 0.6 is 0 Å². The van der Waals surface area contributed by atoms with Gasteiger partial charge in [0.2, 0.25) is 0 Å². The number of nitrogens with two attached hydrogens (primary N) is 1. The van der Waals surface area contributed by atoms with Gasteiger partial charge in [0.25, 0.3) is 0 Å². The van der Waals surface area contributed by atoms with Crippen molar-refractivity contribution in [3.05, 3.63) is 34.9 Å². The summed E-state index contributed by atoms with van der Waals surface area (Å²) in [6.07, 6.45) is 14.4. The van der Waals surface area contributed by atoms with Gasteiger partial charge in [-0.25, -0.2) is 0 Å². The maximum absolute atomic E-state index is 6.14. The lowest BCUT2D eigenvalue weighted by Crippen LogP contribution is -2.26. The summed E-state index contributed by atoms with van der Waals surface area (Å²) in [6, 6.07) is 7.05. The highest BCUT2D eigenvalue weighted by Crippen LogP contribution is 2.29. The molecule has 3 nitrogen and oxygen atoms in total. The van der Waals surface area contributed by atoms with Crippen molar-refractivity contribution in [3.8, 4) is 0 Å². The molecular formula is C24H39NO2. The second-order valence-corrected chi connectivity index (χ2v) is 8.47. The molecule has 0 spiro atoms. The molecule has 0 saturated heterocycles. The van der Waals surface area contributed by atoms with Gasteiger partial charge in [0.15, 0.2) is 0 Å². The number of aryl methyl sites for hydroxylation is 1. The van der Waals surface area contributed by atoms with E-state index in [2.05, 4.69) is 25.1 Å². The number of benzene rings is 1. The average molecular weight is 374 g/mol. The van der Waals surface area contributed by atoms with E-state index in [0.29, 0.717) is 18.1 Å². The van der Waals surface area contributed by atoms with Gasteiger partial charge in [0, 0.05) is 0 Å². The highest BCUT2D eigenvalue weighted by molar-refractivity contribution is 5.36. The van der Waals surface area contributed by atoms with Crippen LogP contribution < -0.4 is 5.73 Å². The average Bonchev–Trinajstić information content (AvgIpc) is 2.72. The van der Waals surface area contributed by atoms with Crippen LogP contribution in [0.15, 0.2) is 18.2 Å². The van der Waals surface area contributed by atoms with Crippen molar-refractivity contribution >= 4 is 0 Å². The fraction of sp³-hybridized carbons (Fsp3) is 0.750. The zero-order valence-electron chi connectivity index (χ0n) is 17.3. The Morgan fingerprint density at radius 1 is 1.00 bits per heavy atom. The lowest BCUT2D eigenvalue weighted by Gasteiger charge is -2.27. The molecule has 0 heterocycles. The van der Waals surface area contributed by atoms with Crippen LogP contribution in [0.4, 0.5) is 0 Å². The molecule has 27 heavy (non-hydrogen) atoms. The van der Waals surface area contributed by atoms with Gasteiger partial charge in [-0.15, -0.1) is 0 Å². The Morgan fingerprint density at radius 3 is 2.52 bits per heavy atom. The van der Waals surface area contributed by atoms with Crippen molar-refractivity contribution in [2.45, 2.75) is 95.7 Å². The van der Waals surface area contributed by atoms with E-state index >= 15 is 0 Å². The van der Waals surface area contributed by atoms with Crippen LogP contribution in [0.3, 0.4) is 0 Å². The third-order valence-corrected chi connectivity index (χ3v) is 6.42. The van der Waals surface area contributed by atoms with E-state index in [0.717, 1.165) is 39.0 Å². The molecule has 0 bridgehead atoms. The van der Waals surface area contributed by atoms with Gasteiger partial charge in [-0.05, 0) is 67.7 Å². The Balaban J connectivity index is 1.44. The van der Waals surface area contributed by atoms with E-state index in [-0.39, 0.29) is 0 Å². The molecule has 2 aliphatic carbocycles. The second kappa shape index (κ2) is 11.2. The highest BCUT2D eigenvalue weighted by atomic mass is 16.5. The summed E-state index contributed by atoms with van der Waals surface area (Å²) in [7, 11) is 0. The van der Waals surface area contributed by atoms with Crippen molar-refractivity contribution < 1.29 is 9.47 Å². The Morgan fingerprint density at radius 2 is 1.78 bits per heavy atom. The highest BCUT2D eigenvalue weighted by Gasteiger charge is 2.21. The lowest BCUT2D eigenvalue weighted by atomic mass is 9.85. The fourth-order valence-corrected chi connectivity index (χ4v) is 4.67. The Kier molecular flexibility index (Phi) is 8.63. The van der Waals surface area contributed by atoms with Gasteiger partial charge in [-0.1, -0.05) is 57.2 Å². The van der Waals surface area contributed by atoms with Crippen LogP contribution in [0.2, 0.25) is 0 Å². The van der Waals surface area contributed by atoms with Crippen molar-refractivity contribution in [2.75, 3.05) is 19.8 Å². The van der Waals surface area contributed by atoms with Crippen molar-refractivity contribution in [2.24, 2.45) is 5.73 Å². The molecule has 0 aliphatic heterocycles. The minimum atomic E-state index is 0.351. The summed E-state index contributed by atoms with van der Waals surface area (Å²) < 4.78 is 12.1. The third-order valence-electron chi connectivity index (χ3n) is 6.42. The maximum Gasteiger partial charge on any atom is 0.0704 e. The minimum Gasteiger partial charge on any atom is -0.376 e. The molecule has 0 radical (unpaired) electrons. The zero-order valence-corrected chi connectivity index (χ0v) is 17.3. The van der Waals surface area contributed by atoms with Gasteiger partial charge in [0.05, 0.1) is 25.4 Å². The van der Waals surface area contributed by atoms with Crippen molar-refractivity contribution in [1.82, 2.24) is 0 Å². The molecule has 1 aromatic rings. The van der Waals surface area contributed by atoms with Crippen molar-refractivity contribution in [3.63, 3.8) is 0 Å². The third kappa shape index (κ3) is 6.30. The summed E-state index contributed by atoms with van der Waals surface area (Å²) in [5.74, 6) is 0.515. The zero-order chi connectivity index (χ0) is 18.9. The van der Waals surface area contributed by atoms with Crippen LogP contribution in [0.25, 0.3) is 0 Å². The predicted octanol–water partition coefficient (Wildman–Crippen LogP) is 5.14. The molecule has 2 N–H and O–H groups in total. The first-order valence-electron chi connectivity index (χ1n) is 11.3. The van der Waals surface area contributed by atoms with Gasteiger partial charge < -0.3 is 15.2 Å². The molecule has 2 atom stereocenters. The molecule has 2 aliphatic rings. The molecule has 3 rings (SSSR count). The van der Waals surface area contributed by atoms with E-state index in [1.807, 2.05) is 0 Å². The van der Waals surface area contributed by atoms with Crippen LogP contribution in [-0.4, -0.2) is 32.0 Å². The molecule has 1 aromatic carbocycles. The van der Waals surface area contributed by atoms with E-state index < -0.39 is 0 Å². The largest absolute Gasteiger partial charge is 0.376 e. The summed E-state index contributed by atoms with van der Waals surface area (Å²) in [6.45, 7) is 4.50. The van der Waals surface area contributed by atoms with Gasteiger partial charge in [-0.2, -0.15) is 0 Å². The first-order valence-corrected chi connectivity index (χ1v) is 11.3.